The van der Waals surface area contributed by atoms with Crippen LogP contribution in [-0.4, -0.2) is 31.8 Å². The van der Waals surface area contributed by atoms with E-state index in [4.69, 9.17) is 14.6 Å². The molecule has 168 valence electrons. The van der Waals surface area contributed by atoms with E-state index in [1.807, 2.05) is 0 Å². The summed E-state index contributed by atoms with van der Waals surface area (Å²) >= 11 is 3.23. The largest absolute Gasteiger partial charge is 0.479 e. The van der Waals surface area contributed by atoms with Crippen molar-refractivity contribution < 1.29 is 32.5 Å². The second-order valence-electron chi connectivity index (χ2n) is 6.25. The van der Waals surface area contributed by atoms with Crippen LogP contribution in [0.2, 0.25) is 0 Å². The van der Waals surface area contributed by atoms with E-state index in [2.05, 4.69) is 20.9 Å². The Morgan fingerprint density at radius 3 is 2.56 bits per heavy atom. The van der Waals surface area contributed by atoms with E-state index in [-0.39, 0.29) is 23.1 Å². The van der Waals surface area contributed by atoms with Crippen molar-refractivity contribution in [3.8, 4) is 23.1 Å². The summed E-state index contributed by atoms with van der Waals surface area (Å²) in [5.41, 5.74) is -3.84. The monoisotopic (exact) mass is 515 g/mol. The Morgan fingerprint density at radius 2 is 1.91 bits per heavy atom. The predicted molar refractivity (Wildman–Crippen MR) is 107 cm³/mol. The number of benzene rings is 1. The minimum Gasteiger partial charge on any atom is -0.479 e. The highest BCUT2D eigenvalue weighted by Gasteiger charge is 2.35. The van der Waals surface area contributed by atoms with Crippen molar-refractivity contribution >= 4 is 21.9 Å². The third kappa shape index (κ3) is 4.82. The first kappa shape index (κ1) is 23.1. The number of nitrogens with zero attached hydrogens (tertiary/aromatic N) is 3. The highest BCUT2D eigenvalue weighted by Crippen LogP contribution is 2.34. The lowest BCUT2D eigenvalue weighted by Crippen LogP contribution is -2.40. The molecule has 1 aromatic carbocycles. The average Bonchev–Trinajstić information content (AvgIpc) is 2.71. The first-order valence-electron chi connectivity index (χ1n) is 8.66. The summed E-state index contributed by atoms with van der Waals surface area (Å²) in [6.45, 7) is -0.653. The molecule has 0 amide bonds. The number of hydrogen-bond acceptors (Lipinski definition) is 6. The number of halogens is 4. The van der Waals surface area contributed by atoms with Gasteiger partial charge in [0.1, 0.15) is 11.4 Å². The van der Waals surface area contributed by atoms with Gasteiger partial charge in [0.2, 0.25) is 0 Å². The normalized spacial score (nSPS) is 11.3. The molecule has 0 aliphatic carbocycles. The Morgan fingerprint density at radius 1 is 1.19 bits per heavy atom. The molecule has 13 heteroatoms. The van der Waals surface area contributed by atoms with Crippen molar-refractivity contribution in [3.05, 3.63) is 73.6 Å². The summed E-state index contributed by atoms with van der Waals surface area (Å²) < 4.78 is 51.2. The summed E-state index contributed by atoms with van der Waals surface area (Å²) in [6.07, 6.45) is -3.53. The number of carboxylic acids is 1. The lowest BCUT2D eigenvalue weighted by Gasteiger charge is -2.15. The summed E-state index contributed by atoms with van der Waals surface area (Å²) in [4.78, 5) is 39.5. The number of carboxylic acid groups (broad SMARTS) is 1. The molecule has 2 aromatic heterocycles. The van der Waals surface area contributed by atoms with Crippen LogP contribution in [0.1, 0.15) is 5.69 Å². The van der Waals surface area contributed by atoms with Crippen LogP contribution in [0.25, 0.3) is 5.69 Å². The molecule has 3 rings (SSSR count). The van der Waals surface area contributed by atoms with E-state index in [9.17, 15) is 27.6 Å². The average molecular weight is 516 g/mol. The lowest BCUT2D eigenvalue weighted by molar-refractivity contribution is -0.144. The van der Waals surface area contributed by atoms with Crippen molar-refractivity contribution in [2.75, 3.05) is 6.61 Å². The van der Waals surface area contributed by atoms with Gasteiger partial charge in [-0.15, -0.1) is 0 Å². The van der Waals surface area contributed by atoms with Crippen LogP contribution in [0, 0.1) is 0 Å². The van der Waals surface area contributed by atoms with Gasteiger partial charge in [-0.25, -0.2) is 19.1 Å². The first-order chi connectivity index (χ1) is 15.0. The molecule has 0 spiro atoms. The van der Waals surface area contributed by atoms with Gasteiger partial charge in [0.25, 0.3) is 11.4 Å². The van der Waals surface area contributed by atoms with Crippen LogP contribution in [0.15, 0.2) is 56.7 Å². The molecular formula is C19H13BrF3N3O6. The van der Waals surface area contributed by atoms with Gasteiger partial charge >= 0.3 is 17.8 Å². The SMILES string of the molecule is Cn1c(C(F)(F)F)cc(=O)n(-c2ccc(Br)c(Oc3ncccc3OCC(=O)O)c2)c1=O. The minimum atomic E-state index is -4.88. The number of rotatable bonds is 6. The fraction of sp³-hybridized carbons (Fsp3) is 0.158. The Kier molecular flexibility index (Phi) is 6.39. The van der Waals surface area contributed by atoms with Crippen LogP contribution >= 0.6 is 15.9 Å². The highest BCUT2D eigenvalue weighted by atomic mass is 79.9. The Labute approximate surface area is 185 Å². The Bertz CT molecular complexity index is 1300. The number of hydrogen-bond donors (Lipinski definition) is 1. The third-order valence-corrected chi connectivity index (χ3v) is 4.73. The fourth-order valence-electron chi connectivity index (χ4n) is 2.65. The van der Waals surface area contributed by atoms with Crippen LogP contribution in [0.4, 0.5) is 13.2 Å². The van der Waals surface area contributed by atoms with Gasteiger partial charge in [0.05, 0.1) is 10.2 Å². The molecule has 0 radical (unpaired) electrons. The van der Waals surface area contributed by atoms with Crippen molar-refractivity contribution in [3.63, 3.8) is 0 Å². The molecule has 3 aromatic rings. The third-order valence-electron chi connectivity index (χ3n) is 4.08. The lowest BCUT2D eigenvalue weighted by atomic mass is 10.3. The zero-order chi connectivity index (χ0) is 23.6. The number of ether oxygens (including phenoxy) is 2. The molecule has 0 aliphatic heterocycles. The van der Waals surface area contributed by atoms with E-state index < -0.39 is 35.7 Å². The summed E-state index contributed by atoms with van der Waals surface area (Å²) in [5.74, 6) is -1.29. The maximum Gasteiger partial charge on any atom is 0.431 e. The van der Waals surface area contributed by atoms with Crippen molar-refractivity contribution in [1.82, 2.24) is 14.1 Å². The van der Waals surface area contributed by atoms with Gasteiger partial charge in [-0.3, -0.25) is 9.36 Å². The molecule has 0 fully saturated rings. The Hall–Kier alpha value is -3.61. The number of carbonyl (C=O) groups is 1. The quantitative estimate of drug-likeness (QED) is 0.536. The maximum atomic E-state index is 13.1. The standard InChI is InChI=1S/C19H13BrF3N3O6/c1-25-14(19(21,22)23)8-15(27)26(18(25)30)10-4-5-11(20)13(7-10)32-17-12(3-2-6-24-17)31-9-16(28)29/h2-8H,9H2,1H3,(H,28,29). The van der Waals surface area contributed by atoms with Crippen molar-refractivity contribution in [1.29, 1.82) is 0 Å². The summed E-state index contributed by atoms with van der Waals surface area (Å²) in [6, 6.07) is 7.19. The molecule has 0 atom stereocenters. The van der Waals surface area contributed by atoms with Gasteiger partial charge < -0.3 is 14.6 Å². The topological polar surface area (TPSA) is 113 Å². The number of aliphatic carboxylic acids is 1. The summed E-state index contributed by atoms with van der Waals surface area (Å²) in [5, 5.41) is 8.78. The van der Waals surface area contributed by atoms with Gasteiger partial charge in [0.15, 0.2) is 12.4 Å². The highest BCUT2D eigenvalue weighted by molar-refractivity contribution is 9.10. The van der Waals surface area contributed by atoms with Crippen LogP contribution in [0.5, 0.6) is 17.4 Å². The smallest absolute Gasteiger partial charge is 0.431 e. The van der Waals surface area contributed by atoms with Crippen LogP contribution in [-0.2, 0) is 18.0 Å². The Balaban J connectivity index is 2.05. The number of alkyl halides is 3. The molecular weight excluding hydrogens is 503 g/mol. The zero-order valence-corrected chi connectivity index (χ0v) is 17.7. The minimum absolute atomic E-state index is 0.00909. The second kappa shape index (κ2) is 8.86. The molecule has 0 aliphatic rings. The van der Waals surface area contributed by atoms with E-state index in [0.717, 1.165) is 7.05 Å². The zero-order valence-electron chi connectivity index (χ0n) is 16.1. The number of pyridine rings is 1. The van der Waals surface area contributed by atoms with E-state index >= 15 is 0 Å². The van der Waals surface area contributed by atoms with Crippen LogP contribution < -0.4 is 20.7 Å². The van der Waals surface area contributed by atoms with Crippen molar-refractivity contribution in [2.45, 2.75) is 6.18 Å². The van der Waals surface area contributed by atoms with Gasteiger partial charge in [-0.1, -0.05) is 0 Å². The first-order valence-corrected chi connectivity index (χ1v) is 9.46. The second-order valence-corrected chi connectivity index (χ2v) is 7.10. The molecule has 0 saturated carbocycles. The molecule has 32 heavy (non-hydrogen) atoms. The molecule has 0 saturated heterocycles. The molecule has 0 bridgehead atoms. The molecule has 9 nitrogen and oxygen atoms in total. The van der Waals surface area contributed by atoms with Crippen LogP contribution in [0.3, 0.4) is 0 Å². The van der Waals surface area contributed by atoms with Gasteiger partial charge in [-0.2, -0.15) is 13.2 Å². The molecule has 2 heterocycles. The van der Waals surface area contributed by atoms with Gasteiger partial charge in [-0.05, 0) is 40.2 Å². The summed E-state index contributed by atoms with van der Waals surface area (Å²) in [7, 11) is 0.900. The van der Waals surface area contributed by atoms with E-state index in [0.29, 0.717) is 19.7 Å². The molecule has 0 unspecified atom stereocenters. The van der Waals surface area contributed by atoms with Gasteiger partial charge in [0, 0.05) is 25.4 Å². The maximum absolute atomic E-state index is 13.1. The van der Waals surface area contributed by atoms with Crippen molar-refractivity contribution in [2.24, 2.45) is 7.05 Å². The predicted octanol–water partition coefficient (Wildman–Crippen LogP) is 2.97. The fourth-order valence-corrected chi connectivity index (χ4v) is 2.98. The number of aromatic nitrogens is 3. The van der Waals surface area contributed by atoms with E-state index in [1.54, 1.807) is 0 Å². The molecule has 1 N–H and O–H groups in total. The van der Waals surface area contributed by atoms with E-state index in [1.165, 1.54) is 36.5 Å².